The van der Waals surface area contributed by atoms with Crippen LogP contribution in [0.2, 0.25) is 0 Å². The molecule has 4 nitrogen and oxygen atoms in total. The second kappa shape index (κ2) is 6.79. The highest BCUT2D eigenvalue weighted by Gasteiger charge is 2.17. The molecular formula is C18H15BrN2O2. The molecule has 0 unspecified atom stereocenters. The smallest absolute Gasteiger partial charge is 0.273 e. The van der Waals surface area contributed by atoms with Gasteiger partial charge in [-0.1, -0.05) is 46.3 Å². The topological polar surface area (TPSA) is 55.1 Å². The van der Waals surface area contributed by atoms with Gasteiger partial charge in [-0.3, -0.25) is 4.79 Å². The Morgan fingerprint density at radius 1 is 1.17 bits per heavy atom. The van der Waals surface area contributed by atoms with E-state index in [1.165, 1.54) is 0 Å². The molecule has 0 radical (unpaired) electrons. The molecule has 2 aromatic carbocycles. The highest BCUT2D eigenvalue weighted by atomic mass is 79.9. The van der Waals surface area contributed by atoms with Gasteiger partial charge in [0.1, 0.15) is 5.76 Å². The van der Waals surface area contributed by atoms with Crippen LogP contribution in [0, 0.1) is 6.92 Å². The maximum Gasteiger partial charge on any atom is 0.273 e. The van der Waals surface area contributed by atoms with E-state index in [4.69, 9.17) is 4.42 Å². The highest BCUT2D eigenvalue weighted by molar-refractivity contribution is 9.10. The van der Waals surface area contributed by atoms with Gasteiger partial charge >= 0.3 is 0 Å². The first kappa shape index (κ1) is 15.5. The van der Waals surface area contributed by atoms with Crippen LogP contribution in [0.25, 0.3) is 11.5 Å². The lowest BCUT2D eigenvalue weighted by Crippen LogP contribution is -2.23. The summed E-state index contributed by atoms with van der Waals surface area (Å²) in [6, 6.07) is 17.3. The fraction of sp³-hybridized carbons (Fsp3) is 0.111. The number of aromatic nitrogens is 1. The standard InChI is InChI=1S/C18H15BrN2O2/c1-12-16(21-18(23-12)14-7-3-2-4-8-14)17(22)20-11-13-6-5-9-15(19)10-13/h2-10H,11H2,1H3,(H,20,22). The van der Waals surface area contributed by atoms with Crippen LogP contribution in [0.4, 0.5) is 0 Å². The predicted molar refractivity (Wildman–Crippen MR) is 92.0 cm³/mol. The van der Waals surface area contributed by atoms with Crippen LogP contribution in [0.5, 0.6) is 0 Å². The molecule has 116 valence electrons. The first-order chi connectivity index (χ1) is 11.1. The van der Waals surface area contributed by atoms with Crippen LogP contribution < -0.4 is 5.32 Å². The number of aryl methyl sites for hydroxylation is 1. The van der Waals surface area contributed by atoms with Crippen molar-refractivity contribution in [2.75, 3.05) is 0 Å². The zero-order valence-electron chi connectivity index (χ0n) is 12.5. The van der Waals surface area contributed by atoms with Crippen molar-refractivity contribution in [3.63, 3.8) is 0 Å². The van der Waals surface area contributed by atoms with Gasteiger partial charge in [0.25, 0.3) is 5.91 Å². The van der Waals surface area contributed by atoms with Crippen molar-refractivity contribution in [3.05, 3.63) is 76.1 Å². The minimum absolute atomic E-state index is 0.242. The summed E-state index contributed by atoms with van der Waals surface area (Å²) in [7, 11) is 0. The number of nitrogens with zero attached hydrogens (tertiary/aromatic N) is 1. The van der Waals surface area contributed by atoms with E-state index in [1.54, 1.807) is 6.92 Å². The Labute approximate surface area is 142 Å². The van der Waals surface area contributed by atoms with Crippen molar-refractivity contribution in [2.45, 2.75) is 13.5 Å². The van der Waals surface area contributed by atoms with E-state index in [0.29, 0.717) is 23.9 Å². The van der Waals surface area contributed by atoms with Crippen molar-refractivity contribution in [1.29, 1.82) is 0 Å². The molecule has 0 aliphatic heterocycles. The lowest BCUT2D eigenvalue weighted by Gasteiger charge is -2.04. The van der Waals surface area contributed by atoms with Gasteiger partial charge in [-0.05, 0) is 36.8 Å². The first-order valence-electron chi connectivity index (χ1n) is 7.19. The van der Waals surface area contributed by atoms with E-state index in [0.717, 1.165) is 15.6 Å². The lowest BCUT2D eigenvalue weighted by atomic mass is 10.2. The third-order valence-electron chi connectivity index (χ3n) is 3.37. The molecule has 1 N–H and O–H groups in total. The maximum absolute atomic E-state index is 12.3. The molecule has 0 aliphatic rings. The molecule has 23 heavy (non-hydrogen) atoms. The summed E-state index contributed by atoms with van der Waals surface area (Å²) in [4.78, 5) is 16.6. The van der Waals surface area contributed by atoms with Gasteiger partial charge in [-0.15, -0.1) is 0 Å². The zero-order valence-corrected chi connectivity index (χ0v) is 14.1. The Hall–Kier alpha value is -2.40. The fourth-order valence-electron chi connectivity index (χ4n) is 2.22. The second-order valence-corrected chi connectivity index (χ2v) is 6.02. The summed E-state index contributed by atoms with van der Waals surface area (Å²) < 4.78 is 6.59. The van der Waals surface area contributed by atoms with Crippen molar-refractivity contribution < 1.29 is 9.21 Å². The normalized spacial score (nSPS) is 10.5. The van der Waals surface area contributed by atoms with Gasteiger partial charge in [-0.25, -0.2) is 4.98 Å². The Morgan fingerprint density at radius 3 is 2.70 bits per heavy atom. The number of hydrogen-bond donors (Lipinski definition) is 1. The molecule has 1 aromatic heterocycles. The summed E-state index contributed by atoms with van der Waals surface area (Å²) in [6.45, 7) is 2.18. The average Bonchev–Trinajstić information content (AvgIpc) is 2.95. The summed E-state index contributed by atoms with van der Waals surface area (Å²) in [5, 5.41) is 2.87. The summed E-state index contributed by atoms with van der Waals surface area (Å²) in [6.07, 6.45) is 0. The summed E-state index contributed by atoms with van der Waals surface area (Å²) >= 11 is 3.41. The van der Waals surface area contributed by atoms with E-state index in [1.807, 2.05) is 54.6 Å². The minimum atomic E-state index is -0.242. The Balaban J connectivity index is 1.74. The van der Waals surface area contributed by atoms with Gasteiger partial charge in [0.2, 0.25) is 5.89 Å². The second-order valence-electron chi connectivity index (χ2n) is 5.10. The number of nitrogens with one attached hydrogen (secondary N) is 1. The summed E-state index contributed by atoms with van der Waals surface area (Å²) in [5.74, 6) is 0.722. The SMILES string of the molecule is Cc1oc(-c2ccccc2)nc1C(=O)NCc1cccc(Br)c1. The quantitative estimate of drug-likeness (QED) is 0.742. The maximum atomic E-state index is 12.3. The third-order valence-corrected chi connectivity index (χ3v) is 3.87. The van der Waals surface area contributed by atoms with Crippen molar-refractivity contribution >= 4 is 21.8 Å². The van der Waals surface area contributed by atoms with E-state index in [2.05, 4.69) is 26.2 Å². The largest absolute Gasteiger partial charge is 0.441 e. The van der Waals surface area contributed by atoms with Crippen LogP contribution in [0.1, 0.15) is 21.8 Å². The predicted octanol–water partition coefficient (Wildman–Crippen LogP) is 4.34. The molecule has 3 aromatic rings. The Morgan fingerprint density at radius 2 is 1.96 bits per heavy atom. The van der Waals surface area contributed by atoms with Crippen molar-refractivity contribution in [3.8, 4) is 11.5 Å². The van der Waals surface area contributed by atoms with Gasteiger partial charge in [0, 0.05) is 16.6 Å². The molecule has 0 spiro atoms. The molecule has 0 bridgehead atoms. The number of oxazole rings is 1. The molecule has 0 fully saturated rings. The Kier molecular flexibility index (Phi) is 4.57. The summed E-state index contributed by atoms with van der Waals surface area (Å²) in [5.41, 5.74) is 2.18. The molecule has 0 saturated heterocycles. The molecule has 0 aliphatic carbocycles. The van der Waals surface area contributed by atoms with Gasteiger partial charge < -0.3 is 9.73 Å². The molecule has 1 amide bonds. The number of halogens is 1. The molecule has 0 atom stereocenters. The van der Waals surface area contributed by atoms with Crippen LogP contribution in [-0.2, 0) is 6.54 Å². The fourth-order valence-corrected chi connectivity index (χ4v) is 2.67. The van der Waals surface area contributed by atoms with Crippen LogP contribution in [-0.4, -0.2) is 10.9 Å². The number of benzene rings is 2. The number of amides is 1. The van der Waals surface area contributed by atoms with Gasteiger partial charge in [-0.2, -0.15) is 0 Å². The number of rotatable bonds is 4. The lowest BCUT2D eigenvalue weighted by molar-refractivity contribution is 0.0945. The van der Waals surface area contributed by atoms with Crippen molar-refractivity contribution in [1.82, 2.24) is 10.3 Å². The molecule has 1 heterocycles. The van der Waals surface area contributed by atoms with E-state index in [9.17, 15) is 4.79 Å². The van der Waals surface area contributed by atoms with Crippen LogP contribution >= 0.6 is 15.9 Å². The van der Waals surface area contributed by atoms with E-state index in [-0.39, 0.29) is 5.91 Å². The number of hydrogen-bond acceptors (Lipinski definition) is 3. The van der Waals surface area contributed by atoms with Crippen LogP contribution in [0.15, 0.2) is 63.5 Å². The van der Waals surface area contributed by atoms with Crippen LogP contribution in [0.3, 0.4) is 0 Å². The first-order valence-corrected chi connectivity index (χ1v) is 7.98. The number of carbonyl (C=O) groups is 1. The van der Waals surface area contributed by atoms with E-state index >= 15 is 0 Å². The van der Waals surface area contributed by atoms with Gasteiger partial charge in [0.15, 0.2) is 5.69 Å². The molecule has 3 rings (SSSR count). The van der Waals surface area contributed by atoms with E-state index < -0.39 is 0 Å². The molecular weight excluding hydrogens is 356 g/mol. The van der Waals surface area contributed by atoms with Crippen molar-refractivity contribution in [2.24, 2.45) is 0 Å². The Bertz CT molecular complexity index is 828. The molecule has 0 saturated carbocycles. The third kappa shape index (κ3) is 3.68. The monoisotopic (exact) mass is 370 g/mol. The number of carbonyl (C=O) groups excluding carboxylic acids is 1. The minimum Gasteiger partial charge on any atom is -0.441 e. The average molecular weight is 371 g/mol. The van der Waals surface area contributed by atoms with Gasteiger partial charge in [0.05, 0.1) is 0 Å². The zero-order chi connectivity index (χ0) is 16.2. The highest BCUT2D eigenvalue weighted by Crippen LogP contribution is 2.21. The molecule has 5 heteroatoms.